The second-order valence-electron chi connectivity index (χ2n) is 4.70. The van der Waals surface area contributed by atoms with E-state index in [1.54, 1.807) is 12.5 Å². The molecule has 1 atom stereocenters. The molecule has 4 nitrogen and oxygen atoms in total. The standard InChI is InChI=1S/C17H16N2O2/c20-17(14-5-2-1-3-6-14)12-21-16-8-4-7-15(11-16)19-10-9-18-13-19/h1-11,13,17,20H,12H2/t17-/m0/s1. The maximum atomic E-state index is 10.1. The van der Waals surface area contributed by atoms with E-state index in [2.05, 4.69) is 4.98 Å². The van der Waals surface area contributed by atoms with Gasteiger partial charge in [0, 0.05) is 18.5 Å². The first-order chi connectivity index (χ1) is 10.3. The van der Waals surface area contributed by atoms with E-state index in [0.717, 1.165) is 17.0 Å². The topological polar surface area (TPSA) is 47.3 Å². The molecule has 0 aliphatic heterocycles. The summed E-state index contributed by atoms with van der Waals surface area (Å²) >= 11 is 0. The second-order valence-corrected chi connectivity index (χ2v) is 4.70. The Morgan fingerprint density at radius 3 is 2.71 bits per heavy atom. The van der Waals surface area contributed by atoms with Crippen molar-refractivity contribution in [1.82, 2.24) is 9.55 Å². The van der Waals surface area contributed by atoms with E-state index in [4.69, 9.17) is 4.74 Å². The number of aliphatic hydroxyl groups excluding tert-OH is 1. The summed E-state index contributed by atoms with van der Waals surface area (Å²) in [6, 6.07) is 17.2. The van der Waals surface area contributed by atoms with Crippen molar-refractivity contribution in [3.05, 3.63) is 78.9 Å². The molecule has 0 aliphatic carbocycles. The third-order valence-corrected chi connectivity index (χ3v) is 3.21. The van der Waals surface area contributed by atoms with E-state index in [1.165, 1.54) is 0 Å². The van der Waals surface area contributed by atoms with Crippen molar-refractivity contribution >= 4 is 0 Å². The van der Waals surface area contributed by atoms with E-state index >= 15 is 0 Å². The number of hydrogen-bond acceptors (Lipinski definition) is 3. The van der Waals surface area contributed by atoms with Gasteiger partial charge in [-0.2, -0.15) is 0 Å². The van der Waals surface area contributed by atoms with Crippen LogP contribution in [0.5, 0.6) is 5.75 Å². The van der Waals surface area contributed by atoms with E-state index in [0.29, 0.717) is 0 Å². The number of ether oxygens (including phenoxy) is 1. The predicted molar refractivity (Wildman–Crippen MR) is 80.5 cm³/mol. The molecule has 0 radical (unpaired) electrons. The number of hydrogen-bond donors (Lipinski definition) is 1. The molecular weight excluding hydrogens is 264 g/mol. The van der Waals surface area contributed by atoms with Crippen LogP contribution in [-0.2, 0) is 0 Å². The predicted octanol–water partition coefficient (Wildman–Crippen LogP) is 2.98. The summed E-state index contributed by atoms with van der Waals surface area (Å²) in [5.74, 6) is 0.719. The van der Waals surface area contributed by atoms with Crippen molar-refractivity contribution in [3.63, 3.8) is 0 Å². The summed E-state index contributed by atoms with van der Waals surface area (Å²) < 4.78 is 7.58. The lowest BCUT2D eigenvalue weighted by Crippen LogP contribution is -2.09. The highest BCUT2D eigenvalue weighted by molar-refractivity contribution is 5.39. The molecule has 3 rings (SSSR count). The Labute approximate surface area is 123 Å². The minimum Gasteiger partial charge on any atom is -0.490 e. The molecule has 21 heavy (non-hydrogen) atoms. The normalized spacial score (nSPS) is 12.0. The van der Waals surface area contributed by atoms with Gasteiger partial charge in [0.25, 0.3) is 0 Å². The summed E-state index contributed by atoms with van der Waals surface area (Å²) in [6.45, 7) is 0.220. The molecule has 0 saturated heterocycles. The fraction of sp³-hybridized carbons (Fsp3) is 0.118. The largest absolute Gasteiger partial charge is 0.490 e. The molecule has 1 heterocycles. The molecule has 0 amide bonds. The summed E-state index contributed by atoms with van der Waals surface area (Å²) in [5.41, 5.74) is 1.82. The van der Waals surface area contributed by atoms with E-state index in [-0.39, 0.29) is 6.61 Å². The van der Waals surface area contributed by atoms with Crippen LogP contribution in [0, 0.1) is 0 Å². The van der Waals surface area contributed by atoms with Crippen LogP contribution in [0.2, 0.25) is 0 Å². The van der Waals surface area contributed by atoms with Gasteiger partial charge >= 0.3 is 0 Å². The zero-order chi connectivity index (χ0) is 14.5. The Morgan fingerprint density at radius 2 is 1.95 bits per heavy atom. The van der Waals surface area contributed by atoms with Crippen LogP contribution in [0.3, 0.4) is 0 Å². The maximum absolute atomic E-state index is 10.1. The highest BCUT2D eigenvalue weighted by atomic mass is 16.5. The molecule has 3 aromatic rings. The van der Waals surface area contributed by atoms with Gasteiger partial charge in [-0.1, -0.05) is 36.4 Å². The lowest BCUT2D eigenvalue weighted by atomic mass is 10.1. The van der Waals surface area contributed by atoms with Crippen molar-refractivity contribution in [2.75, 3.05) is 6.61 Å². The average Bonchev–Trinajstić information content (AvgIpc) is 3.08. The van der Waals surface area contributed by atoms with Gasteiger partial charge in [0.1, 0.15) is 18.5 Å². The molecule has 0 saturated carbocycles. The molecule has 0 aliphatic rings. The van der Waals surface area contributed by atoms with E-state index in [9.17, 15) is 5.11 Å². The van der Waals surface area contributed by atoms with Crippen LogP contribution in [-0.4, -0.2) is 21.3 Å². The van der Waals surface area contributed by atoms with E-state index < -0.39 is 6.10 Å². The van der Waals surface area contributed by atoms with Crippen LogP contribution in [0.25, 0.3) is 5.69 Å². The zero-order valence-corrected chi connectivity index (χ0v) is 11.5. The van der Waals surface area contributed by atoms with Crippen molar-refractivity contribution in [2.24, 2.45) is 0 Å². The van der Waals surface area contributed by atoms with Crippen LogP contribution >= 0.6 is 0 Å². The Morgan fingerprint density at radius 1 is 1.10 bits per heavy atom. The van der Waals surface area contributed by atoms with Gasteiger partial charge in [-0.3, -0.25) is 0 Å². The Kier molecular flexibility index (Phi) is 3.98. The first kappa shape index (κ1) is 13.4. The average molecular weight is 280 g/mol. The highest BCUT2D eigenvalue weighted by Gasteiger charge is 2.08. The minimum atomic E-state index is -0.636. The molecule has 106 valence electrons. The van der Waals surface area contributed by atoms with Crippen LogP contribution in [0.1, 0.15) is 11.7 Å². The fourth-order valence-electron chi connectivity index (χ4n) is 2.09. The fourth-order valence-corrected chi connectivity index (χ4v) is 2.09. The van der Waals surface area contributed by atoms with Gasteiger partial charge in [-0.25, -0.2) is 4.98 Å². The SMILES string of the molecule is O[C@@H](COc1cccc(-n2ccnc2)c1)c1ccccc1. The molecule has 2 aromatic carbocycles. The Hall–Kier alpha value is -2.59. The summed E-state index contributed by atoms with van der Waals surface area (Å²) in [4.78, 5) is 4.02. The summed E-state index contributed by atoms with van der Waals surface area (Å²) in [5, 5.41) is 10.1. The lowest BCUT2D eigenvalue weighted by molar-refractivity contribution is 0.108. The molecule has 0 unspecified atom stereocenters. The number of benzene rings is 2. The molecule has 1 aromatic heterocycles. The summed E-state index contributed by atoms with van der Waals surface area (Å²) in [7, 11) is 0. The third kappa shape index (κ3) is 3.30. The van der Waals surface area contributed by atoms with Crippen LogP contribution in [0.4, 0.5) is 0 Å². The Balaban J connectivity index is 1.67. The van der Waals surface area contributed by atoms with Gasteiger partial charge in [0.2, 0.25) is 0 Å². The minimum absolute atomic E-state index is 0.220. The second kappa shape index (κ2) is 6.24. The van der Waals surface area contributed by atoms with Gasteiger partial charge < -0.3 is 14.4 Å². The zero-order valence-electron chi connectivity index (χ0n) is 11.5. The van der Waals surface area contributed by atoms with E-state index in [1.807, 2.05) is 65.4 Å². The van der Waals surface area contributed by atoms with Gasteiger partial charge in [0.05, 0.1) is 12.0 Å². The first-order valence-electron chi connectivity index (χ1n) is 6.77. The lowest BCUT2D eigenvalue weighted by Gasteiger charge is -2.13. The quantitative estimate of drug-likeness (QED) is 0.781. The molecule has 1 N–H and O–H groups in total. The molecule has 0 spiro atoms. The number of nitrogens with zero attached hydrogens (tertiary/aromatic N) is 2. The van der Waals surface area contributed by atoms with Crippen molar-refractivity contribution in [3.8, 4) is 11.4 Å². The molecule has 4 heteroatoms. The number of aliphatic hydroxyl groups is 1. The monoisotopic (exact) mass is 280 g/mol. The van der Waals surface area contributed by atoms with Crippen LogP contribution < -0.4 is 4.74 Å². The van der Waals surface area contributed by atoms with Gasteiger partial charge in [-0.15, -0.1) is 0 Å². The summed E-state index contributed by atoms with van der Waals surface area (Å²) in [6.07, 6.45) is 4.70. The van der Waals surface area contributed by atoms with Crippen molar-refractivity contribution in [1.29, 1.82) is 0 Å². The third-order valence-electron chi connectivity index (χ3n) is 3.21. The molecular formula is C17H16N2O2. The highest BCUT2D eigenvalue weighted by Crippen LogP contribution is 2.19. The van der Waals surface area contributed by atoms with Gasteiger partial charge in [0.15, 0.2) is 0 Å². The smallest absolute Gasteiger partial charge is 0.121 e. The number of aromatic nitrogens is 2. The molecule has 0 fully saturated rings. The van der Waals surface area contributed by atoms with Gasteiger partial charge in [-0.05, 0) is 17.7 Å². The van der Waals surface area contributed by atoms with Crippen LogP contribution in [0.15, 0.2) is 73.3 Å². The van der Waals surface area contributed by atoms with Crippen molar-refractivity contribution < 1.29 is 9.84 Å². The number of rotatable bonds is 5. The number of imidazole rings is 1. The Bertz CT molecular complexity index is 681. The first-order valence-corrected chi connectivity index (χ1v) is 6.77. The molecule has 0 bridgehead atoms. The maximum Gasteiger partial charge on any atom is 0.121 e. The van der Waals surface area contributed by atoms with Crippen molar-refractivity contribution in [2.45, 2.75) is 6.10 Å².